The molecular formula is C12H22BrNO. The summed E-state index contributed by atoms with van der Waals surface area (Å²) in [4.78, 5) is 13.9. The van der Waals surface area contributed by atoms with Crippen molar-refractivity contribution >= 4 is 21.8 Å². The molecule has 15 heavy (non-hydrogen) atoms. The molecule has 0 aliphatic heterocycles. The maximum atomic E-state index is 12.2. The third-order valence-electron chi connectivity index (χ3n) is 2.21. The van der Waals surface area contributed by atoms with Crippen LogP contribution in [0, 0.1) is 5.92 Å². The number of carbonyl (C=O) groups excluding carboxylic acids is 1. The average molecular weight is 276 g/mol. The van der Waals surface area contributed by atoms with Crippen molar-refractivity contribution < 1.29 is 4.79 Å². The Morgan fingerprint density at radius 2 is 1.93 bits per heavy atom. The van der Waals surface area contributed by atoms with Crippen molar-refractivity contribution in [3.05, 3.63) is 12.7 Å². The summed E-state index contributed by atoms with van der Waals surface area (Å²) in [6, 6.07) is 0. The summed E-state index contributed by atoms with van der Waals surface area (Å²) in [5, 5.41) is 0. The van der Waals surface area contributed by atoms with E-state index in [0.29, 0.717) is 12.5 Å². The summed E-state index contributed by atoms with van der Waals surface area (Å²) in [6.07, 6.45) is 1.77. The zero-order valence-corrected chi connectivity index (χ0v) is 12.0. The molecule has 1 amide bonds. The monoisotopic (exact) mass is 275 g/mol. The maximum absolute atomic E-state index is 12.2. The van der Waals surface area contributed by atoms with Crippen LogP contribution in [0.4, 0.5) is 0 Å². The Bertz CT molecular complexity index is 230. The van der Waals surface area contributed by atoms with Crippen molar-refractivity contribution in [3.8, 4) is 0 Å². The fourth-order valence-electron chi connectivity index (χ4n) is 1.26. The fraction of sp³-hybridized carbons (Fsp3) is 0.750. The molecule has 0 saturated carbocycles. The van der Waals surface area contributed by atoms with Crippen LogP contribution in [0.15, 0.2) is 12.7 Å². The summed E-state index contributed by atoms with van der Waals surface area (Å²) < 4.78 is 0. The van der Waals surface area contributed by atoms with Crippen LogP contribution < -0.4 is 0 Å². The van der Waals surface area contributed by atoms with Gasteiger partial charge < -0.3 is 4.90 Å². The van der Waals surface area contributed by atoms with Gasteiger partial charge in [-0.2, -0.15) is 0 Å². The molecule has 0 saturated heterocycles. The molecule has 3 heteroatoms. The topological polar surface area (TPSA) is 20.3 Å². The Labute approximate surface area is 102 Å². The summed E-state index contributed by atoms with van der Waals surface area (Å²) in [5.74, 6) is 0.435. The molecule has 0 spiro atoms. The van der Waals surface area contributed by atoms with Crippen LogP contribution in [-0.2, 0) is 4.79 Å². The van der Waals surface area contributed by atoms with Gasteiger partial charge in [0.1, 0.15) is 0 Å². The summed E-state index contributed by atoms with van der Waals surface area (Å²) in [5.41, 5.74) is -0.161. The van der Waals surface area contributed by atoms with Crippen molar-refractivity contribution in [2.75, 3.05) is 6.54 Å². The van der Waals surface area contributed by atoms with Gasteiger partial charge >= 0.3 is 0 Å². The zero-order valence-electron chi connectivity index (χ0n) is 10.4. The molecule has 0 radical (unpaired) electrons. The highest BCUT2D eigenvalue weighted by Gasteiger charge is 2.30. The largest absolute Gasteiger partial charge is 0.333 e. The minimum atomic E-state index is -0.161. The number of alkyl halides is 1. The lowest BCUT2D eigenvalue weighted by Gasteiger charge is -2.37. The number of hydrogen-bond donors (Lipinski definition) is 0. The molecule has 0 aromatic rings. The van der Waals surface area contributed by atoms with E-state index in [4.69, 9.17) is 0 Å². The van der Waals surface area contributed by atoms with Crippen LogP contribution in [0.2, 0.25) is 0 Å². The van der Waals surface area contributed by atoms with Gasteiger partial charge in [-0.3, -0.25) is 4.79 Å². The van der Waals surface area contributed by atoms with Crippen molar-refractivity contribution in [1.82, 2.24) is 4.90 Å². The Morgan fingerprint density at radius 1 is 1.47 bits per heavy atom. The van der Waals surface area contributed by atoms with E-state index < -0.39 is 0 Å². The molecule has 0 N–H and O–H groups in total. The van der Waals surface area contributed by atoms with Gasteiger partial charge in [0.25, 0.3) is 0 Å². The Balaban J connectivity index is 4.78. The highest BCUT2D eigenvalue weighted by atomic mass is 79.9. The zero-order chi connectivity index (χ0) is 12.2. The van der Waals surface area contributed by atoms with E-state index in [2.05, 4.69) is 22.5 Å². The smallest absolute Gasteiger partial charge is 0.237 e. The van der Waals surface area contributed by atoms with Gasteiger partial charge in [-0.25, -0.2) is 0 Å². The molecule has 1 atom stereocenters. The molecule has 0 aromatic heterocycles. The van der Waals surface area contributed by atoms with Crippen LogP contribution in [0.1, 0.15) is 34.6 Å². The number of carbonyl (C=O) groups is 1. The molecule has 0 fully saturated rings. The van der Waals surface area contributed by atoms with Crippen molar-refractivity contribution in [2.24, 2.45) is 5.92 Å². The molecule has 0 bridgehead atoms. The summed E-state index contributed by atoms with van der Waals surface area (Å²) >= 11 is 3.45. The summed E-state index contributed by atoms with van der Waals surface area (Å²) in [6.45, 7) is 14.5. The van der Waals surface area contributed by atoms with Crippen molar-refractivity contribution in [2.45, 2.75) is 45.0 Å². The van der Waals surface area contributed by atoms with Gasteiger partial charge in [0, 0.05) is 12.1 Å². The van der Waals surface area contributed by atoms with E-state index in [0.717, 1.165) is 0 Å². The molecule has 0 aliphatic carbocycles. The van der Waals surface area contributed by atoms with Crippen LogP contribution in [0.25, 0.3) is 0 Å². The fourth-order valence-corrected chi connectivity index (χ4v) is 1.50. The van der Waals surface area contributed by atoms with Crippen LogP contribution >= 0.6 is 15.9 Å². The first-order chi connectivity index (χ1) is 6.71. The maximum Gasteiger partial charge on any atom is 0.237 e. The third kappa shape index (κ3) is 4.37. The second-order valence-electron chi connectivity index (χ2n) is 5.05. The van der Waals surface area contributed by atoms with Gasteiger partial charge in [-0.1, -0.05) is 35.9 Å². The molecule has 88 valence electrons. The van der Waals surface area contributed by atoms with Crippen LogP contribution in [-0.4, -0.2) is 27.7 Å². The highest BCUT2D eigenvalue weighted by Crippen LogP contribution is 2.21. The third-order valence-corrected chi connectivity index (χ3v) is 3.66. The number of halogens is 1. The van der Waals surface area contributed by atoms with Crippen molar-refractivity contribution in [1.29, 1.82) is 0 Å². The van der Waals surface area contributed by atoms with E-state index in [1.807, 2.05) is 39.5 Å². The molecular weight excluding hydrogens is 254 g/mol. The minimum absolute atomic E-state index is 0.114. The summed E-state index contributed by atoms with van der Waals surface area (Å²) in [7, 11) is 0. The number of hydrogen-bond acceptors (Lipinski definition) is 1. The molecule has 0 heterocycles. The Kier molecular flexibility index (Phi) is 5.57. The highest BCUT2D eigenvalue weighted by molar-refractivity contribution is 9.10. The van der Waals surface area contributed by atoms with E-state index in [1.165, 1.54) is 0 Å². The molecule has 0 aliphatic rings. The van der Waals surface area contributed by atoms with E-state index in [9.17, 15) is 4.79 Å². The predicted octanol–water partition coefficient (Wildman–Crippen LogP) is 3.22. The van der Waals surface area contributed by atoms with Crippen LogP contribution in [0.3, 0.4) is 0 Å². The minimum Gasteiger partial charge on any atom is -0.333 e. The van der Waals surface area contributed by atoms with Gasteiger partial charge in [0.2, 0.25) is 5.91 Å². The SMILES string of the molecule is C=CCN(C(=O)C(Br)C(C)C)C(C)(C)C. The molecule has 0 rings (SSSR count). The first kappa shape index (κ1) is 14.7. The predicted molar refractivity (Wildman–Crippen MR) is 69.2 cm³/mol. The normalized spacial score (nSPS) is 13.8. The second-order valence-corrected chi connectivity index (χ2v) is 6.04. The van der Waals surface area contributed by atoms with Gasteiger partial charge in [0.05, 0.1) is 4.83 Å². The molecule has 2 nitrogen and oxygen atoms in total. The second kappa shape index (κ2) is 5.69. The Hall–Kier alpha value is -0.310. The van der Waals surface area contributed by atoms with Crippen LogP contribution in [0.5, 0.6) is 0 Å². The number of amides is 1. The van der Waals surface area contributed by atoms with E-state index >= 15 is 0 Å². The Morgan fingerprint density at radius 3 is 2.20 bits per heavy atom. The number of rotatable bonds is 4. The van der Waals surface area contributed by atoms with Crippen molar-refractivity contribution in [3.63, 3.8) is 0 Å². The first-order valence-corrected chi connectivity index (χ1v) is 6.19. The van der Waals surface area contributed by atoms with Gasteiger partial charge in [-0.05, 0) is 26.7 Å². The molecule has 1 unspecified atom stereocenters. The van der Waals surface area contributed by atoms with E-state index in [-0.39, 0.29) is 16.3 Å². The quantitative estimate of drug-likeness (QED) is 0.570. The van der Waals surface area contributed by atoms with E-state index in [1.54, 1.807) is 6.08 Å². The average Bonchev–Trinajstić information content (AvgIpc) is 2.09. The lowest BCUT2D eigenvalue weighted by molar-refractivity contribution is -0.135. The first-order valence-electron chi connectivity index (χ1n) is 5.28. The lowest BCUT2D eigenvalue weighted by atomic mass is 10.0. The molecule has 0 aromatic carbocycles. The lowest BCUT2D eigenvalue weighted by Crippen LogP contribution is -2.49. The standard InChI is InChI=1S/C12H22BrNO/c1-7-8-14(12(4,5)6)11(15)10(13)9(2)3/h7,9-10H,1,8H2,2-6H3. The number of nitrogens with zero attached hydrogens (tertiary/aromatic N) is 1. The van der Waals surface area contributed by atoms with Gasteiger partial charge in [0.15, 0.2) is 0 Å². The van der Waals surface area contributed by atoms with Gasteiger partial charge in [-0.15, -0.1) is 6.58 Å².